The molecule has 0 heterocycles. The summed E-state index contributed by atoms with van der Waals surface area (Å²) in [6.07, 6.45) is 0.407. The van der Waals surface area contributed by atoms with Crippen molar-refractivity contribution in [3.8, 4) is 0 Å². The van der Waals surface area contributed by atoms with Gasteiger partial charge < -0.3 is 11.1 Å². The number of carbonyl (C=O) groups excluding carboxylic acids is 2. The van der Waals surface area contributed by atoms with Gasteiger partial charge >= 0.3 is 0 Å². The molecule has 0 aliphatic carbocycles. The van der Waals surface area contributed by atoms with Crippen molar-refractivity contribution >= 4 is 12.3 Å². The number of hydrogen-bond donors (Lipinski definition) is 3. The molecule has 0 aromatic carbocycles. The maximum atomic E-state index is 10.9. The van der Waals surface area contributed by atoms with E-state index in [4.69, 9.17) is 10.6 Å². The quantitative estimate of drug-likeness (QED) is 0.206. The molecule has 2 amide bonds. The van der Waals surface area contributed by atoms with Crippen molar-refractivity contribution in [1.82, 2.24) is 10.8 Å². The van der Waals surface area contributed by atoms with Crippen LogP contribution in [0.5, 0.6) is 0 Å². The van der Waals surface area contributed by atoms with Gasteiger partial charge in [0.15, 0.2) is 6.10 Å². The molecule has 0 aromatic rings. The summed E-state index contributed by atoms with van der Waals surface area (Å²) >= 11 is 0. The Morgan fingerprint density at radius 2 is 2.21 bits per heavy atom. The Balaban J connectivity index is 3.73. The van der Waals surface area contributed by atoms with Gasteiger partial charge in [0.05, 0.1) is 6.67 Å². The topological polar surface area (TPSA) is 93.4 Å². The summed E-state index contributed by atoms with van der Waals surface area (Å²) < 4.78 is 0. The highest BCUT2D eigenvalue weighted by atomic mass is 16.7. The van der Waals surface area contributed by atoms with Crippen LogP contribution in [-0.4, -0.2) is 25.1 Å². The number of primary amides is 1. The molecular formula is C8H17N3O3. The van der Waals surface area contributed by atoms with Gasteiger partial charge in [-0.15, -0.1) is 0 Å². The molecule has 6 nitrogen and oxygen atoms in total. The molecule has 0 aliphatic heterocycles. The van der Waals surface area contributed by atoms with Crippen molar-refractivity contribution in [3.05, 3.63) is 0 Å². The molecule has 0 aliphatic rings. The third-order valence-electron chi connectivity index (χ3n) is 1.49. The van der Waals surface area contributed by atoms with E-state index in [1.165, 1.54) is 0 Å². The highest BCUT2D eigenvalue weighted by molar-refractivity contribution is 5.78. The number of nitrogens with two attached hydrogens (primary N) is 1. The van der Waals surface area contributed by atoms with E-state index in [9.17, 15) is 9.59 Å². The standard InChI is InChI=1S/C8H17N3O3/c1-6(2)3-7(8(9)13)14-11-4-10-5-12/h5-7,11H,3-4H2,1-2H3,(H2,9,13)(H,10,12). The fraction of sp³-hybridized carbons (Fsp3) is 0.750. The molecule has 6 heteroatoms. The molecule has 4 N–H and O–H groups in total. The van der Waals surface area contributed by atoms with E-state index >= 15 is 0 Å². The van der Waals surface area contributed by atoms with Crippen LogP contribution in [0, 0.1) is 5.92 Å². The predicted molar refractivity (Wildman–Crippen MR) is 50.7 cm³/mol. The maximum Gasteiger partial charge on any atom is 0.248 e. The van der Waals surface area contributed by atoms with Crippen molar-refractivity contribution in [2.45, 2.75) is 26.4 Å². The molecule has 0 saturated heterocycles. The molecule has 0 bridgehead atoms. The summed E-state index contributed by atoms with van der Waals surface area (Å²) in [6, 6.07) is 0. The molecule has 1 atom stereocenters. The molecule has 0 rings (SSSR count). The number of nitrogens with one attached hydrogen (secondary N) is 2. The molecule has 14 heavy (non-hydrogen) atoms. The van der Waals surface area contributed by atoms with E-state index in [0.29, 0.717) is 18.7 Å². The third kappa shape index (κ3) is 6.38. The Morgan fingerprint density at radius 1 is 1.57 bits per heavy atom. The summed E-state index contributed by atoms with van der Waals surface area (Å²) in [7, 11) is 0. The molecule has 82 valence electrons. The summed E-state index contributed by atoms with van der Waals surface area (Å²) in [5.41, 5.74) is 7.54. The lowest BCUT2D eigenvalue weighted by atomic mass is 10.1. The zero-order chi connectivity index (χ0) is 11.0. The van der Waals surface area contributed by atoms with Crippen LogP contribution in [0.15, 0.2) is 0 Å². The van der Waals surface area contributed by atoms with Crippen LogP contribution in [0.4, 0.5) is 0 Å². The first-order chi connectivity index (χ1) is 6.57. The van der Waals surface area contributed by atoms with E-state index in [1.807, 2.05) is 13.8 Å². The number of hydrogen-bond acceptors (Lipinski definition) is 4. The van der Waals surface area contributed by atoms with E-state index in [0.717, 1.165) is 0 Å². The largest absolute Gasteiger partial charge is 0.367 e. The zero-order valence-corrected chi connectivity index (χ0v) is 8.45. The second kappa shape index (κ2) is 7.28. The van der Waals surface area contributed by atoms with E-state index < -0.39 is 12.0 Å². The van der Waals surface area contributed by atoms with E-state index in [2.05, 4.69) is 10.8 Å². The van der Waals surface area contributed by atoms with Gasteiger partial charge in [-0.1, -0.05) is 13.8 Å². The Bertz CT molecular complexity index is 185. The molecule has 0 radical (unpaired) electrons. The number of carbonyl (C=O) groups is 2. The second-order valence-electron chi connectivity index (χ2n) is 3.28. The van der Waals surface area contributed by atoms with E-state index in [-0.39, 0.29) is 6.67 Å². The summed E-state index contributed by atoms with van der Waals surface area (Å²) in [6.45, 7) is 4.07. The first kappa shape index (κ1) is 12.9. The minimum atomic E-state index is -0.663. The predicted octanol–water partition coefficient (Wildman–Crippen LogP) is -0.889. The van der Waals surface area contributed by atoms with Crippen molar-refractivity contribution in [3.63, 3.8) is 0 Å². The fourth-order valence-corrected chi connectivity index (χ4v) is 0.876. The van der Waals surface area contributed by atoms with Gasteiger partial charge in [-0.3, -0.25) is 14.4 Å². The van der Waals surface area contributed by atoms with Gasteiger partial charge in [0.1, 0.15) is 0 Å². The number of hydroxylamine groups is 1. The lowest BCUT2D eigenvalue weighted by Crippen LogP contribution is -2.39. The third-order valence-corrected chi connectivity index (χ3v) is 1.49. The second-order valence-corrected chi connectivity index (χ2v) is 3.28. The monoisotopic (exact) mass is 203 g/mol. The molecule has 1 unspecified atom stereocenters. The smallest absolute Gasteiger partial charge is 0.248 e. The summed E-state index contributed by atoms with van der Waals surface area (Å²) in [5, 5.41) is 2.33. The number of amides is 2. The van der Waals surface area contributed by atoms with Crippen molar-refractivity contribution < 1.29 is 14.4 Å². The van der Waals surface area contributed by atoms with Crippen LogP contribution in [0.1, 0.15) is 20.3 Å². The van der Waals surface area contributed by atoms with Crippen molar-refractivity contribution in [2.24, 2.45) is 11.7 Å². The molecule has 0 spiro atoms. The fourth-order valence-electron chi connectivity index (χ4n) is 0.876. The van der Waals surface area contributed by atoms with Crippen LogP contribution < -0.4 is 16.5 Å². The van der Waals surface area contributed by atoms with Crippen LogP contribution in [0.2, 0.25) is 0 Å². The first-order valence-electron chi connectivity index (χ1n) is 4.42. The summed E-state index contributed by atoms with van der Waals surface area (Å²) in [4.78, 5) is 25.7. The van der Waals surface area contributed by atoms with Crippen LogP contribution in [0.25, 0.3) is 0 Å². The van der Waals surface area contributed by atoms with Gasteiger partial charge in [0, 0.05) is 0 Å². The Kier molecular flexibility index (Phi) is 6.69. The minimum absolute atomic E-state index is 0.144. The molecular weight excluding hydrogens is 186 g/mol. The molecule has 0 saturated carbocycles. The summed E-state index contributed by atoms with van der Waals surface area (Å²) in [5.74, 6) is -0.203. The Hall–Kier alpha value is -1.14. The average molecular weight is 203 g/mol. The lowest BCUT2D eigenvalue weighted by molar-refractivity contribution is -0.136. The van der Waals surface area contributed by atoms with Crippen LogP contribution >= 0.6 is 0 Å². The zero-order valence-electron chi connectivity index (χ0n) is 8.45. The van der Waals surface area contributed by atoms with Crippen molar-refractivity contribution in [2.75, 3.05) is 6.67 Å². The van der Waals surface area contributed by atoms with Crippen LogP contribution in [0.3, 0.4) is 0 Å². The van der Waals surface area contributed by atoms with Crippen molar-refractivity contribution in [1.29, 1.82) is 0 Å². The van der Waals surface area contributed by atoms with Gasteiger partial charge in [-0.25, -0.2) is 0 Å². The molecule has 0 aromatic heterocycles. The lowest BCUT2D eigenvalue weighted by Gasteiger charge is -2.16. The minimum Gasteiger partial charge on any atom is -0.367 e. The highest BCUT2D eigenvalue weighted by Gasteiger charge is 2.17. The maximum absolute atomic E-state index is 10.9. The van der Waals surface area contributed by atoms with E-state index in [1.54, 1.807) is 0 Å². The SMILES string of the molecule is CC(C)CC(ONCNC=O)C(N)=O. The van der Waals surface area contributed by atoms with Crippen LogP contribution in [-0.2, 0) is 14.4 Å². The Labute approximate surface area is 83.1 Å². The molecule has 0 fully saturated rings. The highest BCUT2D eigenvalue weighted by Crippen LogP contribution is 2.06. The van der Waals surface area contributed by atoms with Gasteiger partial charge in [-0.2, -0.15) is 5.48 Å². The average Bonchev–Trinajstić information content (AvgIpc) is 2.09. The van der Waals surface area contributed by atoms with Gasteiger partial charge in [-0.05, 0) is 12.3 Å². The first-order valence-corrected chi connectivity index (χ1v) is 4.42. The van der Waals surface area contributed by atoms with Gasteiger partial charge in [0.25, 0.3) is 0 Å². The normalized spacial score (nSPS) is 12.5. The van der Waals surface area contributed by atoms with Gasteiger partial charge in [0.2, 0.25) is 12.3 Å². The Morgan fingerprint density at radius 3 is 2.64 bits per heavy atom. The number of rotatable bonds is 8.